The highest BCUT2D eigenvalue weighted by atomic mass is 16.3. The fourth-order valence-corrected chi connectivity index (χ4v) is 3.95. The van der Waals surface area contributed by atoms with Gasteiger partial charge in [0.05, 0.1) is 0 Å². The van der Waals surface area contributed by atoms with Crippen molar-refractivity contribution in [3.8, 4) is 5.75 Å². The van der Waals surface area contributed by atoms with E-state index in [9.17, 15) is 5.11 Å². The van der Waals surface area contributed by atoms with Gasteiger partial charge in [0.25, 0.3) is 0 Å². The van der Waals surface area contributed by atoms with Crippen LogP contribution in [0.3, 0.4) is 0 Å². The van der Waals surface area contributed by atoms with Crippen molar-refractivity contribution in [1.82, 2.24) is 4.90 Å². The molecule has 1 N–H and O–H groups in total. The molecule has 1 atom stereocenters. The lowest BCUT2D eigenvalue weighted by molar-refractivity contribution is 0.198. The number of aromatic hydroxyl groups is 1. The van der Waals surface area contributed by atoms with E-state index < -0.39 is 0 Å². The molecular formula is C20H25N3O. The lowest BCUT2D eigenvalue weighted by atomic mass is 10.1. The summed E-state index contributed by atoms with van der Waals surface area (Å²) in [6.07, 6.45) is 1.25. The van der Waals surface area contributed by atoms with Gasteiger partial charge in [0.2, 0.25) is 0 Å². The molecule has 0 aliphatic carbocycles. The zero-order valence-electron chi connectivity index (χ0n) is 14.0. The van der Waals surface area contributed by atoms with Crippen molar-refractivity contribution in [2.45, 2.75) is 12.5 Å². The SMILES string of the molecule is Oc1cccc(N2CCN(C3CCN(c4ccccc4)C3)CC2)c1. The van der Waals surface area contributed by atoms with Gasteiger partial charge in [-0.25, -0.2) is 0 Å². The molecule has 2 saturated heterocycles. The van der Waals surface area contributed by atoms with Crippen molar-refractivity contribution in [3.05, 3.63) is 54.6 Å². The summed E-state index contributed by atoms with van der Waals surface area (Å²) in [5, 5.41) is 9.66. The molecule has 0 bridgehead atoms. The van der Waals surface area contributed by atoms with Crippen LogP contribution in [0.2, 0.25) is 0 Å². The van der Waals surface area contributed by atoms with Gasteiger partial charge in [0, 0.05) is 62.8 Å². The van der Waals surface area contributed by atoms with Crippen LogP contribution in [-0.4, -0.2) is 55.3 Å². The monoisotopic (exact) mass is 323 g/mol. The number of phenols is 1. The van der Waals surface area contributed by atoms with Crippen LogP contribution < -0.4 is 9.80 Å². The van der Waals surface area contributed by atoms with E-state index >= 15 is 0 Å². The number of anilines is 2. The van der Waals surface area contributed by atoms with Crippen molar-refractivity contribution < 1.29 is 5.11 Å². The van der Waals surface area contributed by atoms with Gasteiger partial charge in [-0.2, -0.15) is 0 Å². The van der Waals surface area contributed by atoms with Crippen LogP contribution in [0.25, 0.3) is 0 Å². The number of hydrogen-bond donors (Lipinski definition) is 1. The zero-order valence-corrected chi connectivity index (χ0v) is 14.0. The third-order valence-corrected chi connectivity index (χ3v) is 5.31. The molecule has 0 aromatic heterocycles. The Morgan fingerprint density at radius 1 is 0.750 bits per heavy atom. The predicted octanol–water partition coefficient (Wildman–Crippen LogP) is 2.79. The van der Waals surface area contributed by atoms with Crippen molar-refractivity contribution >= 4 is 11.4 Å². The standard InChI is InChI=1S/C20H25N3O/c24-20-8-4-7-18(15-20)21-11-13-22(14-12-21)19-9-10-23(16-19)17-5-2-1-3-6-17/h1-8,15,19,24H,9-14,16H2. The highest BCUT2D eigenvalue weighted by Crippen LogP contribution is 2.25. The highest BCUT2D eigenvalue weighted by molar-refractivity contribution is 5.51. The Morgan fingerprint density at radius 2 is 1.50 bits per heavy atom. The first kappa shape index (κ1) is 15.3. The molecule has 4 rings (SSSR count). The normalized spacial score (nSPS) is 22.1. The van der Waals surface area contributed by atoms with Gasteiger partial charge in [-0.05, 0) is 30.7 Å². The molecule has 2 aromatic carbocycles. The lowest BCUT2D eigenvalue weighted by Crippen LogP contribution is -2.51. The summed E-state index contributed by atoms with van der Waals surface area (Å²) in [6.45, 7) is 6.56. The molecule has 0 spiro atoms. The van der Waals surface area contributed by atoms with E-state index in [1.807, 2.05) is 12.1 Å². The maximum absolute atomic E-state index is 9.66. The van der Waals surface area contributed by atoms with E-state index in [1.165, 1.54) is 12.1 Å². The first-order chi connectivity index (χ1) is 11.8. The van der Waals surface area contributed by atoms with E-state index in [-0.39, 0.29) is 0 Å². The van der Waals surface area contributed by atoms with Gasteiger partial charge < -0.3 is 14.9 Å². The van der Waals surface area contributed by atoms with Crippen molar-refractivity contribution in [3.63, 3.8) is 0 Å². The molecule has 4 nitrogen and oxygen atoms in total. The quantitative estimate of drug-likeness (QED) is 0.941. The molecular weight excluding hydrogens is 298 g/mol. The van der Waals surface area contributed by atoms with E-state index in [0.717, 1.165) is 45.0 Å². The van der Waals surface area contributed by atoms with Crippen molar-refractivity contribution in [2.24, 2.45) is 0 Å². The number of benzene rings is 2. The van der Waals surface area contributed by atoms with E-state index in [0.29, 0.717) is 11.8 Å². The molecule has 0 amide bonds. The predicted molar refractivity (Wildman–Crippen MR) is 99.0 cm³/mol. The molecule has 2 aliphatic heterocycles. The van der Waals surface area contributed by atoms with Gasteiger partial charge in [-0.15, -0.1) is 0 Å². The Bertz CT molecular complexity index is 668. The number of para-hydroxylation sites is 1. The van der Waals surface area contributed by atoms with Crippen LogP contribution in [0.1, 0.15) is 6.42 Å². The van der Waals surface area contributed by atoms with Gasteiger partial charge >= 0.3 is 0 Å². The van der Waals surface area contributed by atoms with Crippen molar-refractivity contribution in [1.29, 1.82) is 0 Å². The average Bonchev–Trinajstić information content (AvgIpc) is 3.13. The second-order valence-corrected chi connectivity index (χ2v) is 6.77. The summed E-state index contributed by atoms with van der Waals surface area (Å²) in [6, 6.07) is 19.0. The lowest BCUT2D eigenvalue weighted by Gasteiger charge is -2.39. The smallest absolute Gasteiger partial charge is 0.117 e. The first-order valence-electron chi connectivity index (χ1n) is 8.87. The van der Waals surface area contributed by atoms with Crippen LogP contribution in [0, 0.1) is 0 Å². The topological polar surface area (TPSA) is 30.0 Å². The molecule has 2 heterocycles. The summed E-state index contributed by atoms with van der Waals surface area (Å²) in [5.74, 6) is 0.351. The van der Waals surface area contributed by atoms with Crippen LogP contribution >= 0.6 is 0 Å². The van der Waals surface area contributed by atoms with Crippen LogP contribution in [-0.2, 0) is 0 Å². The largest absolute Gasteiger partial charge is 0.508 e. The molecule has 2 aromatic rings. The maximum atomic E-state index is 9.66. The third-order valence-electron chi connectivity index (χ3n) is 5.31. The fourth-order valence-electron chi connectivity index (χ4n) is 3.95. The summed E-state index contributed by atoms with van der Waals surface area (Å²) in [5.41, 5.74) is 2.48. The van der Waals surface area contributed by atoms with Crippen LogP contribution in [0.4, 0.5) is 11.4 Å². The number of phenolic OH excluding ortho intramolecular Hbond substituents is 1. The fraction of sp³-hybridized carbons (Fsp3) is 0.400. The number of rotatable bonds is 3. The summed E-state index contributed by atoms with van der Waals surface area (Å²) < 4.78 is 0. The second kappa shape index (κ2) is 6.73. The second-order valence-electron chi connectivity index (χ2n) is 6.77. The van der Waals surface area contributed by atoms with Gasteiger partial charge in [-0.1, -0.05) is 24.3 Å². The van der Waals surface area contributed by atoms with Crippen LogP contribution in [0.5, 0.6) is 5.75 Å². The molecule has 0 saturated carbocycles. The molecule has 1 unspecified atom stereocenters. The molecule has 2 aliphatic rings. The minimum absolute atomic E-state index is 0.351. The molecule has 24 heavy (non-hydrogen) atoms. The van der Waals surface area contributed by atoms with Gasteiger partial charge in [0.15, 0.2) is 0 Å². The number of nitrogens with zero attached hydrogens (tertiary/aromatic N) is 3. The summed E-state index contributed by atoms with van der Waals surface area (Å²) in [4.78, 5) is 7.52. The third kappa shape index (κ3) is 3.20. The minimum Gasteiger partial charge on any atom is -0.508 e. The Labute approximate surface area is 143 Å². The Hall–Kier alpha value is -2.20. The summed E-state index contributed by atoms with van der Waals surface area (Å²) >= 11 is 0. The average molecular weight is 323 g/mol. The Balaban J connectivity index is 1.33. The van der Waals surface area contributed by atoms with Crippen molar-refractivity contribution in [2.75, 3.05) is 49.1 Å². The van der Waals surface area contributed by atoms with Gasteiger partial charge in [0.1, 0.15) is 5.75 Å². The molecule has 2 fully saturated rings. The zero-order chi connectivity index (χ0) is 16.4. The minimum atomic E-state index is 0.351. The molecule has 4 heteroatoms. The number of piperazine rings is 1. The number of hydrogen-bond acceptors (Lipinski definition) is 4. The molecule has 0 radical (unpaired) electrons. The summed E-state index contributed by atoms with van der Waals surface area (Å²) in [7, 11) is 0. The highest BCUT2D eigenvalue weighted by Gasteiger charge is 2.30. The van der Waals surface area contributed by atoms with E-state index in [4.69, 9.17) is 0 Å². The Kier molecular flexibility index (Phi) is 4.30. The molecule has 126 valence electrons. The maximum Gasteiger partial charge on any atom is 0.117 e. The first-order valence-corrected chi connectivity index (χ1v) is 8.87. The van der Waals surface area contributed by atoms with Crippen LogP contribution in [0.15, 0.2) is 54.6 Å². The van der Waals surface area contributed by atoms with Gasteiger partial charge in [-0.3, -0.25) is 4.90 Å². The van der Waals surface area contributed by atoms with E-state index in [1.54, 1.807) is 6.07 Å². The Morgan fingerprint density at radius 3 is 2.25 bits per heavy atom. The van der Waals surface area contributed by atoms with E-state index in [2.05, 4.69) is 51.1 Å².